The molecule has 24 heavy (non-hydrogen) atoms. The van der Waals surface area contributed by atoms with Crippen LogP contribution in [0.15, 0.2) is 48.8 Å². The van der Waals surface area contributed by atoms with Gasteiger partial charge in [-0.15, -0.1) is 0 Å². The summed E-state index contributed by atoms with van der Waals surface area (Å²) in [4.78, 5) is 14.6. The number of carbonyl (C=O) groups is 1. The number of nitrogens with zero attached hydrogens (tertiary/aromatic N) is 2. The van der Waals surface area contributed by atoms with Crippen LogP contribution in [0, 0.1) is 11.1 Å². The van der Waals surface area contributed by atoms with Crippen molar-refractivity contribution in [2.45, 2.75) is 26.3 Å². The van der Waals surface area contributed by atoms with Gasteiger partial charge in [-0.2, -0.15) is 4.73 Å². The van der Waals surface area contributed by atoms with Gasteiger partial charge in [0.2, 0.25) is 0 Å². The molecule has 1 unspecified atom stereocenters. The predicted octanol–water partition coefficient (Wildman–Crippen LogP) is 2.80. The fourth-order valence-corrected chi connectivity index (χ4v) is 3.15. The first kappa shape index (κ1) is 16.5. The van der Waals surface area contributed by atoms with Gasteiger partial charge in [-0.1, -0.05) is 19.1 Å². The standard InChI is InChI=1S/C19H23N3O2/c1-15-3-2-10-21(13-15)14-16-4-6-18(7-5-16)20-19(23)17-8-11-22(24)12-9-17/h4-9,11-12,15H,2-3,10,13-14H2,1H3,(H,20,23). The molecule has 1 amide bonds. The third-order valence-electron chi connectivity index (χ3n) is 4.42. The van der Waals surface area contributed by atoms with E-state index in [-0.39, 0.29) is 5.91 Å². The van der Waals surface area contributed by atoms with Gasteiger partial charge in [-0.3, -0.25) is 9.69 Å². The summed E-state index contributed by atoms with van der Waals surface area (Å²) in [6.07, 6.45) is 5.23. The van der Waals surface area contributed by atoms with E-state index in [1.165, 1.54) is 42.9 Å². The van der Waals surface area contributed by atoms with Crippen molar-refractivity contribution in [2.75, 3.05) is 18.4 Å². The molecule has 0 aliphatic carbocycles. The highest BCUT2D eigenvalue weighted by Gasteiger charge is 2.16. The third kappa shape index (κ3) is 4.32. The van der Waals surface area contributed by atoms with E-state index in [1.807, 2.05) is 12.1 Å². The minimum Gasteiger partial charge on any atom is -0.619 e. The second-order valence-corrected chi connectivity index (χ2v) is 6.58. The highest BCUT2D eigenvalue weighted by molar-refractivity contribution is 6.04. The average molecular weight is 325 g/mol. The zero-order valence-electron chi connectivity index (χ0n) is 13.9. The lowest BCUT2D eigenvalue weighted by molar-refractivity contribution is -0.605. The average Bonchev–Trinajstić information content (AvgIpc) is 2.57. The van der Waals surface area contributed by atoms with Crippen molar-refractivity contribution in [1.29, 1.82) is 0 Å². The van der Waals surface area contributed by atoms with Crippen molar-refractivity contribution >= 4 is 11.6 Å². The largest absolute Gasteiger partial charge is 0.619 e. The lowest BCUT2D eigenvalue weighted by Gasteiger charge is -2.30. The van der Waals surface area contributed by atoms with Gasteiger partial charge in [0, 0.05) is 30.9 Å². The molecule has 0 spiro atoms. The Kier molecular flexibility index (Phi) is 5.11. The molecule has 1 saturated heterocycles. The van der Waals surface area contributed by atoms with Gasteiger partial charge in [0.05, 0.1) is 5.56 Å². The molecule has 0 radical (unpaired) electrons. The van der Waals surface area contributed by atoms with Crippen LogP contribution in [0.5, 0.6) is 0 Å². The van der Waals surface area contributed by atoms with Gasteiger partial charge in [-0.25, -0.2) is 0 Å². The summed E-state index contributed by atoms with van der Waals surface area (Å²) in [5, 5.41) is 13.9. The molecule has 3 rings (SSSR count). The number of piperidine rings is 1. The number of benzene rings is 1. The Bertz CT molecular complexity index is 683. The number of pyridine rings is 1. The SMILES string of the molecule is CC1CCCN(Cc2ccc(NC(=O)c3cc[n+]([O-])cc3)cc2)C1. The summed E-state index contributed by atoms with van der Waals surface area (Å²) < 4.78 is 0.660. The van der Waals surface area contributed by atoms with Gasteiger partial charge >= 0.3 is 0 Å². The Morgan fingerprint density at radius 1 is 1.25 bits per heavy atom. The van der Waals surface area contributed by atoms with E-state index in [9.17, 15) is 10.0 Å². The van der Waals surface area contributed by atoms with Crippen LogP contribution in [-0.2, 0) is 6.54 Å². The van der Waals surface area contributed by atoms with E-state index in [1.54, 1.807) is 0 Å². The van der Waals surface area contributed by atoms with Crippen molar-refractivity contribution in [3.63, 3.8) is 0 Å². The molecule has 5 heteroatoms. The Hall–Kier alpha value is -2.40. The lowest BCUT2D eigenvalue weighted by Crippen LogP contribution is -2.33. The van der Waals surface area contributed by atoms with Crippen molar-refractivity contribution in [1.82, 2.24) is 4.90 Å². The Labute approximate surface area is 142 Å². The molecule has 0 saturated carbocycles. The van der Waals surface area contributed by atoms with Gasteiger partial charge in [0.25, 0.3) is 5.91 Å². The molecular formula is C19H23N3O2. The molecule has 1 aromatic carbocycles. The topological polar surface area (TPSA) is 59.3 Å². The second-order valence-electron chi connectivity index (χ2n) is 6.58. The third-order valence-corrected chi connectivity index (χ3v) is 4.42. The van der Waals surface area contributed by atoms with Gasteiger partial charge < -0.3 is 10.5 Å². The van der Waals surface area contributed by atoms with Gasteiger partial charge in [0.15, 0.2) is 12.4 Å². The number of carbonyl (C=O) groups excluding carboxylic acids is 1. The maximum atomic E-state index is 12.1. The molecule has 126 valence electrons. The molecule has 1 aliphatic heterocycles. The number of hydrogen-bond acceptors (Lipinski definition) is 3. The fraction of sp³-hybridized carbons (Fsp3) is 0.368. The molecule has 2 heterocycles. The first-order valence-corrected chi connectivity index (χ1v) is 8.41. The monoisotopic (exact) mass is 325 g/mol. The molecule has 1 N–H and O–H groups in total. The van der Waals surface area contributed by atoms with E-state index in [4.69, 9.17) is 0 Å². The van der Waals surface area contributed by atoms with E-state index in [0.717, 1.165) is 31.2 Å². The molecule has 1 aromatic heterocycles. The Balaban J connectivity index is 1.58. The zero-order chi connectivity index (χ0) is 16.9. The van der Waals surface area contributed by atoms with Gasteiger partial charge in [-0.05, 0) is 43.0 Å². The van der Waals surface area contributed by atoms with Crippen molar-refractivity contribution in [3.05, 3.63) is 65.1 Å². The first-order chi connectivity index (χ1) is 11.6. The summed E-state index contributed by atoms with van der Waals surface area (Å²) in [5.41, 5.74) is 2.48. The molecule has 1 atom stereocenters. The Morgan fingerprint density at radius 2 is 1.96 bits per heavy atom. The van der Waals surface area contributed by atoms with E-state index < -0.39 is 0 Å². The minimum absolute atomic E-state index is 0.215. The predicted molar refractivity (Wildman–Crippen MR) is 93.5 cm³/mol. The summed E-state index contributed by atoms with van der Waals surface area (Å²) in [6.45, 7) is 5.59. The van der Waals surface area contributed by atoms with Crippen LogP contribution < -0.4 is 10.0 Å². The number of likely N-dealkylation sites (tertiary alicyclic amines) is 1. The smallest absolute Gasteiger partial charge is 0.256 e. The molecular weight excluding hydrogens is 302 g/mol. The summed E-state index contributed by atoms with van der Waals surface area (Å²) in [7, 11) is 0. The number of rotatable bonds is 4. The molecule has 2 aromatic rings. The van der Waals surface area contributed by atoms with E-state index in [0.29, 0.717) is 10.3 Å². The number of amides is 1. The van der Waals surface area contributed by atoms with E-state index >= 15 is 0 Å². The van der Waals surface area contributed by atoms with Crippen molar-refractivity contribution in [3.8, 4) is 0 Å². The minimum atomic E-state index is -0.215. The maximum absolute atomic E-state index is 12.1. The van der Waals surface area contributed by atoms with Crippen LogP contribution in [0.25, 0.3) is 0 Å². The first-order valence-electron chi connectivity index (χ1n) is 8.41. The molecule has 0 bridgehead atoms. The quantitative estimate of drug-likeness (QED) is 0.694. The zero-order valence-corrected chi connectivity index (χ0v) is 13.9. The summed E-state index contributed by atoms with van der Waals surface area (Å²) >= 11 is 0. The van der Waals surface area contributed by atoms with Crippen molar-refractivity contribution in [2.24, 2.45) is 5.92 Å². The van der Waals surface area contributed by atoms with Crippen LogP contribution in [0.3, 0.4) is 0 Å². The van der Waals surface area contributed by atoms with Crippen LogP contribution in [0.2, 0.25) is 0 Å². The number of aromatic nitrogens is 1. The summed E-state index contributed by atoms with van der Waals surface area (Å²) in [5.74, 6) is 0.559. The highest BCUT2D eigenvalue weighted by atomic mass is 16.5. The Morgan fingerprint density at radius 3 is 2.62 bits per heavy atom. The fourth-order valence-electron chi connectivity index (χ4n) is 3.15. The molecule has 5 nitrogen and oxygen atoms in total. The number of nitrogens with one attached hydrogen (secondary N) is 1. The van der Waals surface area contributed by atoms with Crippen LogP contribution in [0.4, 0.5) is 5.69 Å². The summed E-state index contributed by atoms with van der Waals surface area (Å²) in [6, 6.07) is 11.0. The number of hydrogen-bond donors (Lipinski definition) is 1. The lowest BCUT2D eigenvalue weighted by atomic mass is 10.00. The van der Waals surface area contributed by atoms with Crippen molar-refractivity contribution < 1.29 is 9.52 Å². The second kappa shape index (κ2) is 7.45. The maximum Gasteiger partial charge on any atom is 0.256 e. The normalized spacial score (nSPS) is 18.3. The highest BCUT2D eigenvalue weighted by Crippen LogP contribution is 2.19. The molecule has 1 aliphatic rings. The van der Waals surface area contributed by atoms with Crippen LogP contribution in [0.1, 0.15) is 35.7 Å². The van der Waals surface area contributed by atoms with Gasteiger partial charge in [0.1, 0.15) is 0 Å². The van der Waals surface area contributed by atoms with Crippen LogP contribution >= 0.6 is 0 Å². The molecule has 1 fully saturated rings. The van der Waals surface area contributed by atoms with E-state index in [2.05, 4.69) is 29.3 Å². The number of anilines is 1. The van der Waals surface area contributed by atoms with Crippen LogP contribution in [-0.4, -0.2) is 23.9 Å².